The third kappa shape index (κ3) is 2.03. The molecule has 2 heterocycles. The summed E-state index contributed by atoms with van der Waals surface area (Å²) >= 11 is 3.32. The van der Waals surface area contributed by atoms with Gasteiger partial charge in [-0.25, -0.2) is 0 Å². The van der Waals surface area contributed by atoms with Crippen LogP contribution in [-0.4, -0.2) is 28.6 Å². The van der Waals surface area contributed by atoms with Crippen molar-refractivity contribution in [2.45, 2.75) is 19.4 Å². The van der Waals surface area contributed by atoms with Gasteiger partial charge in [0.05, 0.1) is 30.5 Å². The smallest absolute Gasteiger partial charge is 0.229 e. The molecule has 0 radical (unpaired) electrons. The molecule has 0 saturated carbocycles. The molecule has 2 rings (SSSR count). The number of rotatable bonds is 1. The van der Waals surface area contributed by atoms with Crippen molar-refractivity contribution in [3.8, 4) is 0 Å². The minimum absolute atomic E-state index is 0.0505. The molecule has 1 unspecified atom stereocenters. The van der Waals surface area contributed by atoms with Crippen molar-refractivity contribution in [1.29, 1.82) is 0 Å². The van der Waals surface area contributed by atoms with Crippen LogP contribution < -0.4 is 4.90 Å². The molecular formula is C10H11BrN2O2. The number of pyridine rings is 1. The number of aliphatic hydroxyl groups excluding tert-OH is 1. The van der Waals surface area contributed by atoms with Gasteiger partial charge < -0.3 is 10.0 Å². The van der Waals surface area contributed by atoms with Gasteiger partial charge in [-0.3, -0.25) is 9.78 Å². The quantitative estimate of drug-likeness (QED) is 0.836. The molecule has 1 atom stereocenters. The zero-order chi connectivity index (χ0) is 11.0. The predicted molar refractivity (Wildman–Crippen MR) is 59.7 cm³/mol. The Morgan fingerprint density at radius 1 is 1.67 bits per heavy atom. The SMILES string of the molecule is Cc1ncc(Br)cc1N1CC(O)CC1=O. The number of β-amino-alcohol motifs (C(OH)–C–C–N with tert-alkyl or cyclic N) is 1. The van der Waals surface area contributed by atoms with Crippen LogP contribution in [0.4, 0.5) is 5.69 Å². The summed E-state index contributed by atoms with van der Waals surface area (Å²) in [5, 5.41) is 9.40. The van der Waals surface area contributed by atoms with Gasteiger partial charge in [0.25, 0.3) is 0 Å². The number of nitrogens with zero attached hydrogens (tertiary/aromatic N) is 2. The van der Waals surface area contributed by atoms with Crippen LogP contribution in [0.25, 0.3) is 0 Å². The first-order chi connectivity index (χ1) is 7.08. The average molecular weight is 271 g/mol. The second-order valence-electron chi connectivity index (χ2n) is 3.62. The lowest BCUT2D eigenvalue weighted by Gasteiger charge is -2.17. The molecule has 1 aliphatic rings. The maximum absolute atomic E-state index is 11.6. The maximum Gasteiger partial charge on any atom is 0.229 e. The molecule has 1 aromatic heterocycles. The Balaban J connectivity index is 2.37. The minimum Gasteiger partial charge on any atom is -0.391 e. The lowest BCUT2D eigenvalue weighted by atomic mass is 10.3. The average Bonchev–Trinajstić information content (AvgIpc) is 2.50. The van der Waals surface area contributed by atoms with Crippen molar-refractivity contribution in [3.63, 3.8) is 0 Å². The fraction of sp³-hybridized carbons (Fsp3) is 0.400. The van der Waals surface area contributed by atoms with Crippen molar-refractivity contribution >= 4 is 27.5 Å². The van der Waals surface area contributed by atoms with E-state index < -0.39 is 6.10 Å². The summed E-state index contributed by atoms with van der Waals surface area (Å²) in [6.07, 6.45) is 1.33. The third-order valence-electron chi connectivity index (χ3n) is 2.42. The van der Waals surface area contributed by atoms with E-state index in [1.165, 1.54) is 0 Å². The zero-order valence-electron chi connectivity index (χ0n) is 8.27. The monoisotopic (exact) mass is 270 g/mol. The second-order valence-corrected chi connectivity index (χ2v) is 4.54. The first-order valence-corrected chi connectivity index (χ1v) is 5.48. The number of hydrogen-bond donors (Lipinski definition) is 1. The van der Waals surface area contributed by atoms with Gasteiger partial charge in [0.2, 0.25) is 5.91 Å². The largest absolute Gasteiger partial charge is 0.391 e. The Bertz CT molecular complexity index is 408. The van der Waals surface area contributed by atoms with E-state index in [1.54, 1.807) is 11.1 Å². The molecule has 0 bridgehead atoms. The Morgan fingerprint density at radius 3 is 3.00 bits per heavy atom. The van der Waals surface area contributed by atoms with E-state index in [2.05, 4.69) is 20.9 Å². The van der Waals surface area contributed by atoms with Crippen LogP contribution in [-0.2, 0) is 4.79 Å². The van der Waals surface area contributed by atoms with E-state index in [-0.39, 0.29) is 12.3 Å². The number of carbonyl (C=O) groups is 1. The van der Waals surface area contributed by atoms with E-state index >= 15 is 0 Å². The van der Waals surface area contributed by atoms with E-state index in [9.17, 15) is 9.90 Å². The summed E-state index contributed by atoms with van der Waals surface area (Å²) in [4.78, 5) is 17.3. The normalized spacial score (nSPS) is 21.1. The summed E-state index contributed by atoms with van der Waals surface area (Å²) in [6, 6.07) is 1.85. The van der Waals surface area contributed by atoms with Gasteiger partial charge in [-0.15, -0.1) is 0 Å². The van der Waals surface area contributed by atoms with Gasteiger partial charge in [-0.1, -0.05) is 0 Å². The number of anilines is 1. The van der Waals surface area contributed by atoms with Crippen molar-refractivity contribution in [1.82, 2.24) is 4.98 Å². The number of aryl methyl sites for hydroxylation is 1. The summed E-state index contributed by atoms with van der Waals surface area (Å²) in [5.41, 5.74) is 1.56. The van der Waals surface area contributed by atoms with Crippen LogP contribution in [0.1, 0.15) is 12.1 Å². The second kappa shape index (κ2) is 3.90. The first kappa shape index (κ1) is 10.6. The Kier molecular flexibility index (Phi) is 2.75. The molecule has 1 aliphatic heterocycles. The van der Waals surface area contributed by atoms with Crippen LogP contribution >= 0.6 is 15.9 Å². The molecule has 1 N–H and O–H groups in total. The summed E-state index contributed by atoms with van der Waals surface area (Å²) in [6.45, 7) is 2.21. The molecule has 0 aromatic carbocycles. The maximum atomic E-state index is 11.6. The van der Waals surface area contributed by atoms with Gasteiger partial charge in [0.1, 0.15) is 0 Å². The zero-order valence-corrected chi connectivity index (χ0v) is 9.86. The number of aliphatic hydroxyl groups is 1. The van der Waals surface area contributed by atoms with E-state index in [0.29, 0.717) is 6.54 Å². The van der Waals surface area contributed by atoms with Crippen LogP contribution in [0.2, 0.25) is 0 Å². The topological polar surface area (TPSA) is 53.4 Å². The molecule has 0 aliphatic carbocycles. The first-order valence-electron chi connectivity index (χ1n) is 4.68. The Labute approximate surface area is 96.1 Å². The van der Waals surface area contributed by atoms with Crippen molar-refractivity contribution in [3.05, 3.63) is 22.4 Å². The summed E-state index contributed by atoms with van der Waals surface area (Å²) < 4.78 is 0.831. The molecule has 15 heavy (non-hydrogen) atoms. The highest BCUT2D eigenvalue weighted by Gasteiger charge is 2.30. The Morgan fingerprint density at radius 2 is 2.40 bits per heavy atom. The van der Waals surface area contributed by atoms with Gasteiger partial charge in [0, 0.05) is 10.7 Å². The highest BCUT2D eigenvalue weighted by molar-refractivity contribution is 9.10. The van der Waals surface area contributed by atoms with Crippen molar-refractivity contribution in [2.75, 3.05) is 11.4 Å². The minimum atomic E-state index is -0.559. The van der Waals surface area contributed by atoms with Crippen molar-refractivity contribution < 1.29 is 9.90 Å². The number of hydrogen-bond acceptors (Lipinski definition) is 3. The molecule has 1 aromatic rings. The summed E-state index contributed by atoms with van der Waals surface area (Å²) in [7, 11) is 0. The number of amides is 1. The molecule has 1 fully saturated rings. The van der Waals surface area contributed by atoms with Gasteiger partial charge in [-0.2, -0.15) is 0 Å². The molecule has 4 nitrogen and oxygen atoms in total. The highest BCUT2D eigenvalue weighted by atomic mass is 79.9. The lowest BCUT2D eigenvalue weighted by Crippen LogP contribution is -2.26. The van der Waals surface area contributed by atoms with E-state index in [4.69, 9.17) is 0 Å². The van der Waals surface area contributed by atoms with Gasteiger partial charge in [-0.05, 0) is 28.9 Å². The molecule has 80 valence electrons. The molecule has 1 saturated heterocycles. The number of halogens is 1. The standard InChI is InChI=1S/C10H11BrN2O2/c1-6-9(2-7(11)4-12-6)13-5-8(14)3-10(13)15/h2,4,8,14H,3,5H2,1H3. The summed E-state index contributed by atoms with van der Waals surface area (Å²) in [5.74, 6) is -0.0505. The molecular weight excluding hydrogens is 260 g/mol. The molecule has 0 spiro atoms. The fourth-order valence-electron chi connectivity index (χ4n) is 1.69. The highest BCUT2D eigenvalue weighted by Crippen LogP contribution is 2.26. The van der Waals surface area contributed by atoms with Crippen molar-refractivity contribution in [2.24, 2.45) is 0 Å². The number of carbonyl (C=O) groups excluding carboxylic acids is 1. The molecule has 5 heteroatoms. The fourth-order valence-corrected chi connectivity index (χ4v) is 2.01. The predicted octanol–water partition coefficient (Wildman–Crippen LogP) is 1.25. The third-order valence-corrected chi connectivity index (χ3v) is 2.86. The Hall–Kier alpha value is -0.940. The van der Waals surface area contributed by atoms with Crippen LogP contribution in [0.15, 0.2) is 16.7 Å². The van der Waals surface area contributed by atoms with Crippen LogP contribution in [0.3, 0.4) is 0 Å². The van der Waals surface area contributed by atoms with E-state index in [1.807, 2.05) is 13.0 Å². The lowest BCUT2D eigenvalue weighted by molar-refractivity contribution is -0.117. The van der Waals surface area contributed by atoms with Crippen LogP contribution in [0.5, 0.6) is 0 Å². The number of aromatic nitrogens is 1. The molecule has 1 amide bonds. The van der Waals surface area contributed by atoms with Gasteiger partial charge in [0.15, 0.2) is 0 Å². The van der Waals surface area contributed by atoms with E-state index in [0.717, 1.165) is 15.9 Å². The van der Waals surface area contributed by atoms with Gasteiger partial charge >= 0.3 is 0 Å². The van der Waals surface area contributed by atoms with Crippen LogP contribution in [0, 0.1) is 6.92 Å².